The van der Waals surface area contributed by atoms with Crippen molar-refractivity contribution in [2.24, 2.45) is 4.99 Å². The molecule has 0 saturated carbocycles. The number of rotatable bonds is 7. The van der Waals surface area contributed by atoms with Gasteiger partial charge in [-0.1, -0.05) is 36.4 Å². The van der Waals surface area contributed by atoms with E-state index in [-0.39, 0.29) is 24.0 Å². The molecule has 0 aliphatic carbocycles. The first-order chi connectivity index (χ1) is 14.0. The minimum Gasteiger partial charge on any atom is -0.364 e. The number of hydrogen-bond donors (Lipinski definition) is 2. The van der Waals surface area contributed by atoms with Crippen molar-refractivity contribution in [3.63, 3.8) is 0 Å². The molecule has 2 aromatic carbocycles. The summed E-state index contributed by atoms with van der Waals surface area (Å²) in [5, 5.41) is 6.65. The molecular weight excluding hydrogens is 511 g/mol. The van der Waals surface area contributed by atoms with Gasteiger partial charge in [0.1, 0.15) is 0 Å². The van der Waals surface area contributed by atoms with E-state index in [0.29, 0.717) is 18.0 Å². The maximum absolute atomic E-state index is 11.5. The van der Waals surface area contributed by atoms with Crippen LogP contribution in [0.25, 0.3) is 0 Å². The molecule has 30 heavy (non-hydrogen) atoms. The zero-order valence-electron chi connectivity index (χ0n) is 17.3. The second-order valence-corrected chi connectivity index (χ2v) is 9.08. The quantitative estimate of drug-likeness (QED) is 0.245. The molecule has 2 N–H and O–H groups in total. The lowest BCUT2D eigenvalue weighted by molar-refractivity contribution is 0.602. The molecule has 8 heteroatoms. The number of guanidine groups is 1. The van der Waals surface area contributed by atoms with Crippen molar-refractivity contribution in [1.82, 2.24) is 10.6 Å². The first-order valence-corrected chi connectivity index (χ1v) is 11.6. The Balaban J connectivity index is 0.00000320. The minimum absolute atomic E-state index is 0. The summed E-state index contributed by atoms with van der Waals surface area (Å²) in [6, 6.07) is 15.5. The Morgan fingerprint density at radius 3 is 2.37 bits per heavy atom. The number of sulfone groups is 1. The van der Waals surface area contributed by atoms with Crippen LogP contribution in [0, 0.1) is 0 Å². The molecule has 1 aliphatic rings. The van der Waals surface area contributed by atoms with E-state index in [1.54, 1.807) is 19.2 Å². The van der Waals surface area contributed by atoms with Crippen molar-refractivity contribution < 1.29 is 8.42 Å². The Kier molecular flexibility index (Phi) is 9.16. The lowest BCUT2D eigenvalue weighted by atomic mass is 10.1. The summed E-state index contributed by atoms with van der Waals surface area (Å²) >= 11 is 0. The second kappa shape index (κ2) is 11.4. The molecule has 0 spiro atoms. The van der Waals surface area contributed by atoms with Crippen LogP contribution in [-0.2, 0) is 22.8 Å². The van der Waals surface area contributed by atoms with Crippen LogP contribution in [0.3, 0.4) is 0 Å². The largest absolute Gasteiger partial charge is 0.364 e. The normalized spacial score (nSPS) is 13.8. The van der Waals surface area contributed by atoms with E-state index in [1.807, 2.05) is 12.1 Å². The van der Waals surface area contributed by atoms with Gasteiger partial charge in [0.05, 0.1) is 4.90 Å². The third-order valence-corrected chi connectivity index (χ3v) is 5.96. The number of halogens is 1. The summed E-state index contributed by atoms with van der Waals surface area (Å²) in [7, 11) is -1.40. The van der Waals surface area contributed by atoms with Gasteiger partial charge in [0, 0.05) is 45.2 Å². The smallest absolute Gasteiger partial charge is 0.191 e. The summed E-state index contributed by atoms with van der Waals surface area (Å²) in [4.78, 5) is 6.95. The Morgan fingerprint density at radius 1 is 1.03 bits per heavy atom. The van der Waals surface area contributed by atoms with Gasteiger partial charge < -0.3 is 15.5 Å². The van der Waals surface area contributed by atoms with E-state index >= 15 is 0 Å². The zero-order valence-corrected chi connectivity index (χ0v) is 20.5. The summed E-state index contributed by atoms with van der Waals surface area (Å²) in [5.74, 6) is 0.742. The number of hydrogen-bond acceptors (Lipinski definition) is 4. The van der Waals surface area contributed by atoms with Gasteiger partial charge in [-0.05, 0) is 41.8 Å². The third-order valence-electron chi connectivity index (χ3n) is 4.84. The van der Waals surface area contributed by atoms with Crippen LogP contribution in [0.4, 0.5) is 5.69 Å². The van der Waals surface area contributed by atoms with Crippen LogP contribution in [-0.4, -0.2) is 47.3 Å². The first-order valence-electron chi connectivity index (χ1n) is 9.68. The predicted molar refractivity (Wildman–Crippen MR) is 135 cm³/mol. The monoisotopic (exact) mass is 540 g/mol. The summed E-state index contributed by atoms with van der Waals surface area (Å²) < 4.78 is 23.1. The highest BCUT2D eigenvalue weighted by Gasteiger charge is 2.08. The molecular formula is C22H29IN4O2S. The molecule has 1 aliphatic heterocycles. The average Bonchev–Trinajstić information content (AvgIpc) is 3.25. The number of aliphatic imine (C=N–C) groups is 1. The van der Waals surface area contributed by atoms with Crippen LogP contribution in [0.2, 0.25) is 0 Å². The van der Waals surface area contributed by atoms with Crippen molar-refractivity contribution in [2.45, 2.75) is 17.9 Å². The van der Waals surface area contributed by atoms with Crippen LogP contribution < -0.4 is 15.5 Å². The standard InChI is InChI=1S/C22H28N4O2S.HI/c1-23-22(24-13-12-18-8-10-21(11-9-18)29(2,27)28)25-17-19-6-5-7-20(16-19)26-14-3-4-15-26;/h3-11,16H,12-15,17H2,1-2H3,(H2,23,24,25);1H. The van der Waals surface area contributed by atoms with Crippen LogP contribution in [0.5, 0.6) is 0 Å². The SMILES string of the molecule is CN=C(NCCc1ccc(S(C)(=O)=O)cc1)NCc1cccc(N2CC=CC2)c1.I. The first kappa shape index (κ1) is 24.2. The third kappa shape index (κ3) is 7.02. The van der Waals surface area contributed by atoms with Crippen molar-refractivity contribution >= 4 is 45.5 Å². The Bertz CT molecular complexity index is 980. The summed E-state index contributed by atoms with van der Waals surface area (Å²) in [6.07, 6.45) is 6.37. The van der Waals surface area contributed by atoms with Gasteiger partial charge in [-0.3, -0.25) is 4.99 Å². The minimum atomic E-state index is -3.15. The lowest BCUT2D eigenvalue weighted by Gasteiger charge is -2.19. The lowest BCUT2D eigenvalue weighted by Crippen LogP contribution is -2.37. The summed E-state index contributed by atoms with van der Waals surface area (Å²) in [6.45, 7) is 3.33. The van der Waals surface area contributed by atoms with E-state index in [9.17, 15) is 8.42 Å². The molecule has 0 unspecified atom stereocenters. The topological polar surface area (TPSA) is 73.8 Å². The molecule has 2 aromatic rings. The molecule has 3 rings (SSSR count). The van der Waals surface area contributed by atoms with Gasteiger partial charge in [0.2, 0.25) is 0 Å². The molecule has 162 valence electrons. The van der Waals surface area contributed by atoms with Gasteiger partial charge in [-0.15, -0.1) is 24.0 Å². The fourth-order valence-electron chi connectivity index (χ4n) is 3.19. The van der Waals surface area contributed by atoms with E-state index in [1.165, 1.54) is 17.5 Å². The average molecular weight is 540 g/mol. The van der Waals surface area contributed by atoms with E-state index in [0.717, 1.165) is 31.0 Å². The number of nitrogens with one attached hydrogen (secondary N) is 2. The molecule has 0 radical (unpaired) electrons. The highest BCUT2D eigenvalue weighted by molar-refractivity contribution is 14.0. The maximum Gasteiger partial charge on any atom is 0.191 e. The molecule has 6 nitrogen and oxygen atoms in total. The van der Waals surface area contributed by atoms with Gasteiger partial charge in [-0.2, -0.15) is 0 Å². The van der Waals surface area contributed by atoms with Crippen LogP contribution in [0.1, 0.15) is 11.1 Å². The Labute approximate surface area is 196 Å². The van der Waals surface area contributed by atoms with Crippen molar-refractivity contribution in [3.8, 4) is 0 Å². The molecule has 0 atom stereocenters. The van der Waals surface area contributed by atoms with E-state index in [4.69, 9.17) is 0 Å². The summed E-state index contributed by atoms with van der Waals surface area (Å²) in [5.41, 5.74) is 3.51. The molecule has 0 bridgehead atoms. The van der Waals surface area contributed by atoms with E-state index in [2.05, 4.69) is 56.9 Å². The Morgan fingerprint density at radius 2 is 1.73 bits per heavy atom. The maximum atomic E-state index is 11.5. The van der Waals surface area contributed by atoms with Crippen molar-refractivity contribution in [1.29, 1.82) is 0 Å². The van der Waals surface area contributed by atoms with Gasteiger partial charge in [-0.25, -0.2) is 8.42 Å². The van der Waals surface area contributed by atoms with Crippen molar-refractivity contribution in [3.05, 3.63) is 71.8 Å². The van der Waals surface area contributed by atoms with Crippen LogP contribution >= 0.6 is 24.0 Å². The number of anilines is 1. The van der Waals surface area contributed by atoms with Crippen LogP contribution in [0.15, 0.2) is 70.6 Å². The fraction of sp³-hybridized carbons (Fsp3) is 0.318. The molecule has 0 aromatic heterocycles. The molecule has 0 saturated heterocycles. The molecule has 0 amide bonds. The number of benzene rings is 2. The molecule has 1 heterocycles. The zero-order chi connectivity index (χ0) is 20.7. The van der Waals surface area contributed by atoms with E-state index < -0.39 is 9.84 Å². The molecule has 0 fully saturated rings. The number of nitrogens with zero attached hydrogens (tertiary/aromatic N) is 2. The Hall–Kier alpha value is -2.07. The fourth-order valence-corrected chi connectivity index (χ4v) is 3.82. The second-order valence-electron chi connectivity index (χ2n) is 7.06. The van der Waals surface area contributed by atoms with Crippen molar-refractivity contribution in [2.75, 3.05) is 37.8 Å². The highest BCUT2D eigenvalue weighted by atomic mass is 127. The van der Waals surface area contributed by atoms with Gasteiger partial charge >= 0.3 is 0 Å². The predicted octanol–water partition coefficient (Wildman–Crippen LogP) is 2.99. The van der Waals surface area contributed by atoms with Gasteiger partial charge in [0.25, 0.3) is 0 Å². The van der Waals surface area contributed by atoms with Gasteiger partial charge in [0.15, 0.2) is 15.8 Å². The highest BCUT2D eigenvalue weighted by Crippen LogP contribution is 2.18.